The van der Waals surface area contributed by atoms with Crippen LogP contribution in [0.2, 0.25) is 0 Å². The van der Waals surface area contributed by atoms with Crippen molar-refractivity contribution in [2.45, 2.75) is 33.2 Å². The Hall–Kier alpha value is -4.18. The molecular weight excluding hydrogens is 446 g/mol. The monoisotopic (exact) mass is 477 g/mol. The molecule has 1 N–H and O–H groups in total. The fraction of sp³-hybridized carbons (Fsp3) is 0.188. The number of hydrogen-bond donors (Lipinski definition) is 1. The smallest absolute Gasteiger partial charge is 0.336 e. The number of carboxylic acids is 1. The molecule has 1 amide bonds. The summed E-state index contributed by atoms with van der Waals surface area (Å²) in [6.07, 6.45) is 1.77. The lowest BCUT2D eigenvalue weighted by Crippen LogP contribution is -2.32. The summed E-state index contributed by atoms with van der Waals surface area (Å²) in [4.78, 5) is 27.1. The van der Waals surface area contributed by atoms with Crippen LogP contribution in [-0.4, -0.2) is 28.4 Å². The van der Waals surface area contributed by atoms with Gasteiger partial charge in [0.05, 0.1) is 5.56 Å². The molecule has 4 nitrogen and oxygen atoms in total. The average molecular weight is 478 g/mol. The molecule has 0 spiro atoms. The number of carboxylic acid groups (broad SMARTS) is 1. The van der Waals surface area contributed by atoms with Crippen molar-refractivity contribution in [3.05, 3.63) is 130 Å². The first-order valence-electron chi connectivity index (χ1n) is 12.2. The van der Waals surface area contributed by atoms with Gasteiger partial charge in [0.15, 0.2) is 0 Å². The van der Waals surface area contributed by atoms with Gasteiger partial charge in [0.1, 0.15) is 0 Å². The molecule has 0 bridgehead atoms. The maximum atomic E-state index is 13.6. The lowest BCUT2D eigenvalue weighted by Gasteiger charge is -2.24. The van der Waals surface area contributed by atoms with E-state index in [9.17, 15) is 14.7 Å². The third-order valence-electron chi connectivity index (χ3n) is 6.29. The predicted molar refractivity (Wildman–Crippen MR) is 144 cm³/mol. The second-order valence-corrected chi connectivity index (χ2v) is 9.24. The molecule has 0 saturated carbocycles. The minimum atomic E-state index is -0.946. The lowest BCUT2D eigenvalue weighted by molar-refractivity contribution is 0.0696. The zero-order valence-corrected chi connectivity index (χ0v) is 20.8. The number of aryl methyl sites for hydroxylation is 3. The van der Waals surface area contributed by atoms with Crippen molar-refractivity contribution in [1.82, 2.24) is 4.90 Å². The van der Waals surface area contributed by atoms with Gasteiger partial charge in [0.2, 0.25) is 0 Å². The summed E-state index contributed by atoms with van der Waals surface area (Å²) in [5.74, 6) is -0.923. The average Bonchev–Trinajstić information content (AvgIpc) is 2.88. The van der Waals surface area contributed by atoms with Crippen molar-refractivity contribution < 1.29 is 14.7 Å². The van der Waals surface area contributed by atoms with E-state index >= 15 is 0 Å². The normalized spacial score (nSPS) is 10.7. The van der Waals surface area contributed by atoms with Gasteiger partial charge in [-0.2, -0.15) is 0 Å². The molecule has 182 valence electrons. The summed E-state index contributed by atoms with van der Waals surface area (Å²) in [5, 5.41) is 9.53. The molecule has 0 aliphatic carbocycles. The number of carbonyl (C=O) groups is 2. The Bertz CT molecular complexity index is 1320. The SMILES string of the molecule is Cc1cc(C)cc(C(=O)N(CCCc2ccccc2)Cc2ccc(-c3ccccc3C(=O)O)cc2)c1. The van der Waals surface area contributed by atoms with Crippen LogP contribution in [0.5, 0.6) is 0 Å². The summed E-state index contributed by atoms with van der Waals surface area (Å²) in [6.45, 7) is 5.15. The molecule has 0 aromatic heterocycles. The van der Waals surface area contributed by atoms with Gasteiger partial charge >= 0.3 is 5.97 Å². The van der Waals surface area contributed by atoms with Crippen LogP contribution < -0.4 is 0 Å². The standard InChI is InChI=1S/C32H31NO3/c1-23-19-24(2)21-28(20-23)31(34)33(18-8-11-25-9-4-3-5-10-25)22-26-14-16-27(17-15-26)29-12-6-7-13-30(29)32(35)36/h3-7,9-10,12-17,19-21H,8,11,18,22H2,1-2H3,(H,35,36). The summed E-state index contributed by atoms with van der Waals surface area (Å²) >= 11 is 0. The van der Waals surface area contributed by atoms with Crippen LogP contribution in [0.15, 0.2) is 97.1 Å². The first-order chi connectivity index (χ1) is 17.4. The molecule has 4 rings (SSSR count). The van der Waals surface area contributed by atoms with E-state index in [1.807, 2.05) is 85.5 Å². The maximum absolute atomic E-state index is 13.6. The van der Waals surface area contributed by atoms with Crippen LogP contribution in [0.3, 0.4) is 0 Å². The molecule has 0 saturated heterocycles. The van der Waals surface area contributed by atoms with E-state index in [1.165, 1.54) is 5.56 Å². The van der Waals surface area contributed by atoms with Crippen molar-refractivity contribution in [2.75, 3.05) is 6.54 Å². The van der Waals surface area contributed by atoms with E-state index in [2.05, 4.69) is 18.2 Å². The van der Waals surface area contributed by atoms with Gasteiger partial charge < -0.3 is 10.0 Å². The molecular formula is C32H31NO3. The molecule has 0 aliphatic rings. The Morgan fingerprint density at radius 2 is 1.39 bits per heavy atom. The molecule has 0 aliphatic heterocycles. The number of carbonyl (C=O) groups excluding carboxylic acids is 1. The Balaban J connectivity index is 1.55. The fourth-order valence-corrected chi connectivity index (χ4v) is 4.58. The second kappa shape index (κ2) is 11.5. The second-order valence-electron chi connectivity index (χ2n) is 9.24. The topological polar surface area (TPSA) is 57.6 Å². The summed E-state index contributed by atoms with van der Waals surface area (Å²) < 4.78 is 0. The molecule has 0 heterocycles. The molecule has 0 atom stereocenters. The highest BCUT2D eigenvalue weighted by Gasteiger charge is 2.17. The fourth-order valence-electron chi connectivity index (χ4n) is 4.58. The molecule has 0 unspecified atom stereocenters. The van der Waals surface area contributed by atoms with Crippen molar-refractivity contribution in [3.63, 3.8) is 0 Å². The van der Waals surface area contributed by atoms with Gasteiger partial charge in [-0.1, -0.05) is 90.0 Å². The first-order valence-corrected chi connectivity index (χ1v) is 12.2. The van der Waals surface area contributed by atoms with Crippen molar-refractivity contribution in [3.8, 4) is 11.1 Å². The number of amides is 1. The third-order valence-corrected chi connectivity index (χ3v) is 6.29. The Morgan fingerprint density at radius 1 is 0.750 bits per heavy atom. The van der Waals surface area contributed by atoms with Crippen molar-refractivity contribution in [1.29, 1.82) is 0 Å². The summed E-state index contributed by atoms with van der Waals surface area (Å²) in [7, 11) is 0. The van der Waals surface area contributed by atoms with Gasteiger partial charge in [0, 0.05) is 18.7 Å². The van der Waals surface area contributed by atoms with E-state index in [-0.39, 0.29) is 11.5 Å². The quantitative estimate of drug-likeness (QED) is 0.284. The number of nitrogens with zero attached hydrogens (tertiary/aromatic N) is 1. The van der Waals surface area contributed by atoms with Crippen LogP contribution >= 0.6 is 0 Å². The highest BCUT2D eigenvalue weighted by atomic mass is 16.4. The van der Waals surface area contributed by atoms with E-state index in [0.29, 0.717) is 24.2 Å². The molecule has 4 aromatic carbocycles. The maximum Gasteiger partial charge on any atom is 0.336 e. The highest BCUT2D eigenvalue weighted by Crippen LogP contribution is 2.25. The van der Waals surface area contributed by atoms with Gasteiger partial charge in [-0.05, 0) is 67.1 Å². The minimum absolute atomic E-state index is 0.0233. The Kier molecular flexibility index (Phi) is 7.96. The minimum Gasteiger partial charge on any atom is -0.478 e. The first kappa shape index (κ1) is 24.9. The zero-order chi connectivity index (χ0) is 25.5. The molecule has 4 aromatic rings. The van der Waals surface area contributed by atoms with Crippen molar-refractivity contribution in [2.24, 2.45) is 0 Å². The summed E-state index contributed by atoms with van der Waals surface area (Å²) in [6, 6.07) is 31.1. The molecule has 4 heteroatoms. The third kappa shape index (κ3) is 6.28. The number of hydrogen-bond acceptors (Lipinski definition) is 2. The van der Waals surface area contributed by atoms with Gasteiger partial charge in [-0.15, -0.1) is 0 Å². The van der Waals surface area contributed by atoms with E-state index in [0.717, 1.165) is 35.1 Å². The predicted octanol–water partition coefficient (Wildman–Crippen LogP) is 6.94. The lowest BCUT2D eigenvalue weighted by atomic mass is 9.98. The summed E-state index contributed by atoms with van der Waals surface area (Å²) in [5.41, 5.74) is 6.92. The van der Waals surface area contributed by atoms with Gasteiger partial charge in [-0.25, -0.2) is 4.79 Å². The van der Waals surface area contributed by atoms with Crippen LogP contribution in [0, 0.1) is 13.8 Å². The van der Waals surface area contributed by atoms with E-state index < -0.39 is 5.97 Å². The largest absolute Gasteiger partial charge is 0.478 e. The molecule has 36 heavy (non-hydrogen) atoms. The highest BCUT2D eigenvalue weighted by molar-refractivity contribution is 5.96. The van der Waals surface area contributed by atoms with Crippen molar-refractivity contribution >= 4 is 11.9 Å². The van der Waals surface area contributed by atoms with Crippen LogP contribution in [0.25, 0.3) is 11.1 Å². The van der Waals surface area contributed by atoms with Gasteiger partial charge in [-0.3, -0.25) is 4.79 Å². The number of rotatable bonds is 9. The molecule has 0 fully saturated rings. The van der Waals surface area contributed by atoms with E-state index in [1.54, 1.807) is 12.1 Å². The van der Waals surface area contributed by atoms with Crippen LogP contribution in [0.1, 0.15) is 49.4 Å². The van der Waals surface area contributed by atoms with E-state index in [4.69, 9.17) is 0 Å². The Morgan fingerprint density at radius 3 is 2.06 bits per heavy atom. The number of aromatic carboxylic acids is 1. The van der Waals surface area contributed by atoms with Crippen LogP contribution in [0.4, 0.5) is 0 Å². The van der Waals surface area contributed by atoms with Crippen LogP contribution in [-0.2, 0) is 13.0 Å². The zero-order valence-electron chi connectivity index (χ0n) is 20.8. The van der Waals surface area contributed by atoms with Gasteiger partial charge in [0.25, 0.3) is 5.91 Å². The Labute approximate surface area is 212 Å². The molecule has 0 radical (unpaired) electrons. The number of benzene rings is 4.